The number of benzene rings is 4. The minimum Gasteiger partial charge on any atom is -0.255 e. The highest BCUT2D eigenvalue weighted by Gasteiger charge is 2.51. The Balaban J connectivity index is 1.30. The summed E-state index contributed by atoms with van der Waals surface area (Å²) in [7, 11) is 0. The maximum Gasteiger partial charge on any atom is 0.0992 e. The molecule has 2 aliphatic carbocycles. The van der Waals surface area contributed by atoms with Crippen LogP contribution in [0.2, 0.25) is 0 Å². The van der Waals surface area contributed by atoms with Gasteiger partial charge in [-0.3, -0.25) is 9.97 Å². The summed E-state index contributed by atoms with van der Waals surface area (Å²) in [4.78, 5) is 9.09. The van der Waals surface area contributed by atoms with E-state index in [2.05, 4.69) is 108 Å². The zero-order valence-electron chi connectivity index (χ0n) is 21.0. The molecular weight excluding hydrogens is 474 g/mol. The van der Waals surface area contributed by atoms with Gasteiger partial charge < -0.3 is 0 Å². The summed E-state index contributed by atoms with van der Waals surface area (Å²) in [6.45, 7) is 0. The first-order chi connectivity index (χ1) is 19.3. The van der Waals surface area contributed by atoms with Crippen molar-refractivity contribution in [2.75, 3.05) is 0 Å². The average Bonchev–Trinajstić information content (AvgIpc) is 3.48. The van der Waals surface area contributed by atoms with Gasteiger partial charge >= 0.3 is 0 Å². The second-order valence-corrected chi connectivity index (χ2v) is 10.1. The van der Waals surface area contributed by atoms with Gasteiger partial charge in [-0.2, -0.15) is 5.26 Å². The zero-order chi connectivity index (χ0) is 26.0. The highest BCUT2D eigenvalue weighted by molar-refractivity contribution is 5.95. The normalized spacial score (nSPS) is 13.3. The quantitative estimate of drug-likeness (QED) is 0.244. The lowest BCUT2D eigenvalue weighted by atomic mass is 9.70. The van der Waals surface area contributed by atoms with Crippen LogP contribution in [-0.2, 0) is 5.41 Å². The third kappa shape index (κ3) is 2.92. The Morgan fingerprint density at radius 3 is 1.72 bits per heavy atom. The minimum absolute atomic E-state index is 0.322. The van der Waals surface area contributed by atoms with Gasteiger partial charge in [-0.05, 0) is 74.3 Å². The van der Waals surface area contributed by atoms with Crippen molar-refractivity contribution in [3.63, 3.8) is 0 Å². The van der Waals surface area contributed by atoms with Gasteiger partial charge in [0.15, 0.2) is 0 Å². The second-order valence-electron chi connectivity index (χ2n) is 10.1. The second kappa shape index (κ2) is 8.08. The molecule has 3 nitrogen and oxygen atoms in total. The summed E-state index contributed by atoms with van der Waals surface area (Å²) in [5.74, 6) is 0. The molecule has 0 saturated heterocycles. The van der Waals surface area contributed by atoms with E-state index >= 15 is 0 Å². The SMILES string of the molecule is N#Cc1ccnc(-c2ccc(-c3ccc4c(c3)-c3ccccc3C43c4ccccc4-c4ccccc43)cn2)c1. The lowest BCUT2D eigenvalue weighted by molar-refractivity contribution is 0.794. The van der Waals surface area contributed by atoms with Crippen LogP contribution in [0, 0.1) is 11.3 Å². The van der Waals surface area contributed by atoms with Crippen molar-refractivity contribution in [1.82, 2.24) is 9.97 Å². The van der Waals surface area contributed by atoms with Gasteiger partial charge in [-0.1, -0.05) is 91.0 Å². The van der Waals surface area contributed by atoms with E-state index in [1.54, 1.807) is 18.3 Å². The highest BCUT2D eigenvalue weighted by Crippen LogP contribution is 2.62. The summed E-state index contributed by atoms with van der Waals surface area (Å²) >= 11 is 0. The molecule has 0 amide bonds. The third-order valence-electron chi connectivity index (χ3n) is 8.25. The van der Waals surface area contributed by atoms with E-state index in [0.29, 0.717) is 11.3 Å². The molecule has 4 aromatic carbocycles. The van der Waals surface area contributed by atoms with E-state index in [9.17, 15) is 5.26 Å². The van der Waals surface area contributed by atoms with Crippen LogP contribution in [0.25, 0.3) is 44.8 Å². The molecule has 0 saturated carbocycles. The molecular formula is C36H21N3. The van der Waals surface area contributed by atoms with Crippen LogP contribution in [0.1, 0.15) is 27.8 Å². The van der Waals surface area contributed by atoms with Crippen LogP contribution in [0.5, 0.6) is 0 Å². The van der Waals surface area contributed by atoms with Crippen LogP contribution in [0.3, 0.4) is 0 Å². The van der Waals surface area contributed by atoms with Gasteiger partial charge in [0.2, 0.25) is 0 Å². The largest absolute Gasteiger partial charge is 0.255 e. The van der Waals surface area contributed by atoms with Crippen molar-refractivity contribution in [3.8, 4) is 50.8 Å². The van der Waals surface area contributed by atoms with Gasteiger partial charge in [0.1, 0.15) is 0 Å². The average molecular weight is 496 g/mol. The predicted molar refractivity (Wildman–Crippen MR) is 154 cm³/mol. The number of rotatable bonds is 2. The Morgan fingerprint density at radius 2 is 1.10 bits per heavy atom. The van der Waals surface area contributed by atoms with E-state index in [1.807, 2.05) is 12.3 Å². The Labute approximate surface area is 226 Å². The third-order valence-corrected chi connectivity index (χ3v) is 8.25. The Morgan fingerprint density at radius 1 is 0.513 bits per heavy atom. The molecule has 2 aromatic heterocycles. The van der Waals surface area contributed by atoms with Gasteiger partial charge in [-0.25, -0.2) is 0 Å². The van der Waals surface area contributed by atoms with Crippen molar-refractivity contribution in [3.05, 3.63) is 155 Å². The van der Waals surface area contributed by atoms with Crippen LogP contribution >= 0.6 is 0 Å². The minimum atomic E-state index is -0.322. The molecule has 180 valence electrons. The van der Waals surface area contributed by atoms with E-state index in [-0.39, 0.29) is 5.41 Å². The summed E-state index contributed by atoms with van der Waals surface area (Å²) in [5.41, 5.74) is 14.4. The highest BCUT2D eigenvalue weighted by atomic mass is 14.8. The number of nitriles is 1. The van der Waals surface area contributed by atoms with Crippen molar-refractivity contribution in [1.29, 1.82) is 5.26 Å². The molecule has 1 spiro atoms. The maximum atomic E-state index is 9.24. The molecule has 0 radical (unpaired) electrons. The lowest BCUT2D eigenvalue weighted by Crippen LogP contribution is -2.25. The van der Waals surface area contributed by atoms with Crippen molar-refractivity contribution >= 4 is 0 Å². The number of aromatic nitrogens is 2. The molecule has 0 aliphatic heterocycles. The fraction of sp³-hybridized carbons (Fsp3) is 0.0278. The van der Waals surface area contributed by atoms with E-state index in [0.717, 1.165) is 16.8 Å². The van der Waals surface area contributed by atoms with Crippen LogP contribution in [0.15, 0.2) is 128 Å². The number of pyridine rings is 2. The van der Waals surface area contributed by atoms with Gasteiger partial charge in [0.05, 0.1) is 28.4 Å². The fourth-order valence-corrected chi connectivity index (χ4v) is 6.64. The summed E-state index contributed by atoms with van der Waals surface area (Å²) in [5, 5.41) is 9.24. The Bertz CT molecular complexity index is 1930. The van der Waals surface area contributed by atoms with Gasteiger partial charge in [0.25, 0.3) is 0 Å². The molecule has 3 heteroatoms. The Hall–Kier alpha value is -5.33. The maximum absolute atomic E-state index is 9.24. The molecule has 0 N–H and O–H groups in total. The van der Waals surface area contributed by atoms with E-state index < -0.39 is 0 Å². The number of nitrogens with zero attached hydrogens (tertiary/aromatic N) is 3. The first kappa shape index (κ1) is 21.7. The van der Waals surface area contributed by atoms with Crippen LogP contribution < -0.4 is 0 Å². The van der Waals surface area contributed by atoms with Crippen molar-refractivity contribution in [2.45, 2.75) is 5.41 Å². The van der Waals surface area contributed by atoms with E-state index in [4.69, 9.17) is 4.98 Å². The summed E-state index contributed by atoms with van der Waals surface area (Å²) in [6, 6.07) is 43.1. The molecule has 2 heterocycles. The number of hydrogen-bond donors (Lipinski definition) is 0. The molecule has 6 aromatic rings. The molecule has 39 heavy (non-hydrogen) atoms. The molecule has 0 bridgehead atoms. The fourth-order valence-electron chi connectivity index (χ4n) is 6.64. The van der Waals surface area contributed by atoms with Crippen molar-refractivity contribution in [2.24, 2.45) is 0 Å². The number of fused-ring (bicyclic) bond motifs is 10. The van der Waals surface area contributed by atoms with Crippen LogP contribution in [-0.4, -0.2) is 9.97 Å². The molecule has 0 atom stereocenters. The predicted octanol–water partition coefficient (Wildman–Crippen LogP) is 8.03. The molecule has 0 unspecified atom stereocenters. The summed E-state index contributed by atoms with van der Waals surface area (Å²) in [6.07, 6.45) is 3.55. The van der Waals surface area contributed by atoms with Gasteiger partial charge in [-0.15, -0.1) is 0 Å². The Kier molecular flexibility index (Phi) is 4.50. The van der Waals surface area contributed by atoms with Crippen LogP contribution in [0.4, 0.5) is 0 Å². The van der Waals surface area contributed by atoms with E-state index in [1.165, 1.54) is 44.5 Å². The lowest BCUT2D eigenvalue weighted by Gasteiger charge is -2.30. The molecule has 8 rings (SSSR count). The first-order valence-electron chi connectivity index (χ1n) is 13.1. The smallest absolute Gasteiger partial charge is 0.0992 e. The molecule has 0 fully saturated rings. The summed E-state index contributed by atoms with van der Waals surface area (Å²) < 4.78 is 0. The van der Waals surface area contributed by atoms with Crippen molar-refractivity contribution < 1.29 is 0 Å². The topological polar surface area (TPSA) is 49.6 Å². The monoisotopic (exact) mass is 495 g/mol. The number of hydrogen-bond acceptors (Lipinski definition) is 3. The van der Waals surface area contributed by atoms with Gasteiger partial charge in [0, 0.05) is 18.0 Å². The zero-order valence-corrected chi connectivity index (χ0v) is 21.0. The standard InChI is InChI=1S/C36H21N3/c37-21-23-17-18-38-35(19-23)34-16-14-25(22-39-34)24-13-15-33-29(20-24)28-9-3-6-12-32(28)36(33)30-10-4-1-7-26(30)27-8-2-5-11-31(27)36/h1-20,22H. The first-order valence-corrected chi connectivity index (χ1v) is 13.1. The molecule has 2 aliphatic rings.